The van der Waals surface area contributed by atoms with Crippen molar-refractivity contribution in [1.82, 2.24) is 0 Å². The van der Waals surface area contributed by atoms with Gasteiger partial charge in [0, 0.05) is 34.8 Å². The highest BCUT2D eigenvalue weighted by Crippen LogP contribution is 2.45. The third-order valence-electron chi connectivity index (χ3n) is 7.90. The zero-order valence-electron chi connectivity index (χ0n) is 24.6. The number of halogens is 1. The number of ether oxygens (including phenoxy) is 3. The van der Waals surface area contributed by atoms with Gasteiger partial charge in [-0.2, -0.15) is 0 Å². The summed E-state index contributed by atoms with van der Waals surface area (Å²) in [5, 5.41) is 9.16. The molecule has 1 unspecified atom stereocenters. The van der Waals surface area contributed by atoms with Crippen LogP contribution in [-0.2, 0) is 21.1 Å². The van der Waals surface area contributed by atoms with Crippen LogP contribution in [0.15, 0.2) is 42.5 Å². The first-order chi connectivity index (χ1) is 19.7. The van der Waals surface area contributed by atoms with E-state index >= 15 is 4.39 Å². The lowest BCUT2D eigenvalue weighted by atomic mass is 9.90. The zero-order chi connectivity index (χ0) is 30.4. The topological polar surface area (TPSA) is 99.1 Å². The van der Waals surface area contributed by atoms with Gasteiger partial charge in [-0.1, -0.05) is 26.0 Å². The van der Waals surface area contributed by atoms with Crippen molar-refractivity contribution in [2.45, 2.75) is 59.0 Å². The Kier molecular flexibility index (Phi) is 8.00. The van der Waals surface area contributed by atoms with E-state index in [-0.39, 0.29) is 30.5 Å². The van der Waals surface area contributed by atoms with E-state index in [1.807, 2.05) is 52.0 Å². The van der Waals surface area contributed by atoms with E-state index in [2.05, 4.69) is 0 Å². The van der Waals surface area contributed by atoms with Crippen LogP contribution in [0.3, 0.4) is 0 Å². The maximum absolute atomic E-state index is 15.3. The second kappa shape index (κ2) is 11.2. The summed E-state index contributed by atoms with van der Waals surface area (Å²) in [6, 6.07) is 12.6. The van der Waals surface area contributed by atoms with Gasteiger partial charge in [0.1, 0.15) is 39.0 Å². The third kappa shape index (κ3) is 6.41. The molecule has 3 aromatic carbocycles. The molecule has 0 amide bonds. The number of benzene rings is 3. The summed E-state index contributed by atoms with van der Waals surface area (Å²) in [6.07, 6.45) is 2.05. The summed E-state index contributed by atoms with van der Waals surface area (Å²) < 4.78 is 56.9. The molecule has 9 heteroatoms. The molecule has 42 heavy (non-hydrogen) atoms. The fourth-order valence-electron chi connectivity index (χ4n) is 6.36. The number of carbonyl (C=O) groups is 1. The van der Waals surface area contributed by atoms with E-state index in [1.165, 1.54) is 12.3 Å². The minimum Gasteiger partial charge on any atom is -0.493 e. The molecule has 0 spiro atoms. The highest BCUT2D eigenvalue weighted by atomic mass is 32.2. The molecule has 0 saturated carbocycles. The van der Waals surface area contributed by atoms with Crippen LogP contribution in [0, 0.1) is 25.1 Å². The van der Waals surface area contributed by atoms with Crippen molar-refractivity contribution in [2.75, 3.05) is 25.2 Å². The summed E-state index contributed by atoms with van der Waals surface area (Å²) in [5.74, 6) is 0.496. The van der Waals surface area contributed by atoms with Crippen LogP contribution in [0.4, 0.5) is 4.39 Å². The Labute approximate surface area is 246 Å². The maximum Gasteiger partial charge on any atom is 0.304 e. The number of carboxylic acid groups (broad SMARTS) is 1. The molecule has 1 N–H and O–H groups in total. The van der Waals surface area contributed by atoms with E-state index in [1.54, 1.807) is 12.1 Å². The number of aryl methyl sites for hydroxylation is 2. The van der Waals surface area contributed by atoms with Gasteiger partial charge in [-0.05, 0) is 78.8 Å². The summed E-state index contributed by atoms with van der Waals surface area (Å²) in [5.41, 5.74) is 5.74. The molecule has 2 atom stereocenters. The number of sulfone groups is 1. The molecular formula is C33H37FO7S. The minimum absolute atomic E-state index is 0.00427. The quantitative estimate of drug-likeness (QED) is 0.282. The number of aliphatic carboxylic acids is 1. The molecule has 1 aliphatic carbocycles. The molecule has 0 fully saturated rings. The zero-order valence-corrected chi connectivity index (χ0v) is 25.4. The summed E-state index contributed by atoms with van der Waals surface area (Å²) in [4.78, 5) is 11.2. The Hall–Kier alpha value is -3.59. The monoisotopic (exact) mass is 596 g/mol. The predicted octanol–water partition coefficient (Wildman–Crippen LogP) is 6.58. The van der Waals surface area contributed by atoms with Crippen molar-refractivity contribution in [2.24, 2.45) is 5.41 Å². The summed E-state index contributed by atoms with van der Waals surface area (Å²) in [6.45, 7) is 8.31. The van der Waals surface area contributed by atoms with Crippen LogP contribution in [0.1, 0.15) is 66.5 Å². The van der Waals surface area contributed by atoms with Gasteiger partial charge >= 0.3 is 5.97 Å². The normalized spacial score (nSPS) is 17.9. The number of rotatable bonds is 10. The van der Waals surface area contributed by atoms with Crippen molar-refractivity contribution in [1.29, 1.82) is 0 Å². The first-order valence-corrected chi connectivity index (χ1v) is 16.2. The van der Waals surface area contributed by atoms with Crippen molar-refractivity contribution in [3.63, 3.8) is 0 Å². The van der Waals surface area contributed by atoms with E-state index in [4.69, 9.17) is 19.3 Å². The van der Waals surface area contributed by atoms with Crippen LogP contribution in [0.25, 0.3) is 11.1 Å². The van der Waals surface area contributed by atoms with Crippen LogP contribution in [-0.4, -0.2) is 44.7 Å². The lowest BCUT2D eigenvalue weighted by Gasteiger charge is -2.24. The predicted molar refractivity (Wildman–Crippen MR) is 159 cm³/mol. The second-order valence-corrected chi connectivity index (χ2v) is 14.5. The molecule has 0 bridgehead atoms. The SMILES string of the molecule is Cc1cc(OCC(C)(C)CS(C)(=O)=O)cc(C)c1-c1ccc(F)c2c1CC[C@H]2Oc1ccc2c(c1)OCC2CC(=O)O. The van der Waals surface area contributed by atoms with E-state index < -0.39 is 27.3 Å². The summed E-state index contributed by atoms with van der Waals surface area (Å²) in [7, 11) is -3.13. The molecule has 5 rings (SSSR count). The highest BCUT2D eigenvalue weighted by Gasteiger charge is 2.32. The standard InChI is InChI=1S/C33H37FO7S/c1-19-12-23(40-17-33(3,4)18-42(5,37)38)13-20(2)31(19)25-8-10-27(34)32-26(25)9-11-28(32)41-22-6-7-24-21(14-30(35)36)16-39-29(24)15-22/h6-8,10,12-13,15,21,28H,9,11,14,16-18H2,1-5H3,(H,35,36)/t21?,28-/m1/s1. The van der Waals surface area contributed by atoms with Gasteiger partial charge in [-0.3, -0.25) is 4.79 Å². The Morgan fingerprint density at radius 1 is 1.10 bits per heavy atom. The van der Waals surface area contributed by atoms with E-state index in [0.717, 1.165) is 33.4 Å². The average Bonchev–Trinajstić information content (AvgIpc) is 3.47. The lowest BCUT2D eigenvalue weighted by Crippen LogP contribution is -2.29. The molecule has 224 valence electrons. The molecule has 3 aromatic rings. The largest absolute Gasteiger partial charge is 0.493 e. The Morgan fingerprint density at radius 3 is 2.48 bits per heavy atom. The van der Waals surface area contributed by atoms with Crippen molar-refractivity contribution in [3.05, 3.63) is 76.1 Å². The first kappa shape index (κ1) is 29.9. The molecule has 0 saturated heterocycles. The average molecular weight is 597 g/mol. The van der Waals surface area contributed by atoms with Crippen molar-refractivity contribution in [3.8, 4) is 28.4 Å². The van der Waals surface area contributed by atoms with Crippen LogP contribution in [0.5, 0.6) is 17.2 Å². The number of carboxylic acids is 1. The van der Waals surface area contributed by atoms with Crippen LogP contribution >= 0.6 is 0 Å². The second-order valence-electron chi connectivity index (χ2n) is 12.4. The minimum atomic E-state index is -3.13. The number of hydrogen-bond acceptors (Lipinski definition) is 6. The third-order valence-corrected chi connectivity index (χ3v) is 9.21. The van der Waals surface area contributed by atoms with E-state index in [9.17, 15) is 13.2 Å². The fraction of sp³-hybridized carbons (Fsp3) is 0.424. The smallest absolute Gasteiger partial charge is 0.304 e. The molecule has 2 aliphatic rings. The highest BCUT2D eigenvalue weighted by molar-refractivity contribution is 7.90. The van der Waals surface area contributed by atoms with Crippen LogP contribution in [0.2, 0.25) is 0 Å². The van der Waals surface area contributed by atoms with Gasteiger partial charge in [0.2, 0.25) is 0 Å². The fourth-order valence-corrected chi connectivity index (χ4v) is 7.86. The van der Waals surface area contributed by atoms with Gasteiger partial charge in [0.05, 0.1) is 25.4 Å². The van der Waals surface area contributed by atoms with Crippen molar-refractivity contribution >= 4 is 15.8 Å². The summed E-state index contributed by atoms with van der Waals surface area (Å²) >= 11 is 0. The van der Waals surface area contributed by atoms with Gasteiger partial charge in [-0.25, -0.2) is 12.8 Å². The van der Waals surface area contributed by atoms with Gasteiger partial charge in [0.15, 0.2) is 0 Å². The molecule has 7 nitrogen and oxygen atoms in total. The van der Waals surface area contributed by atoms with Crippen molar-refractivity contribution < 1.29 is 36.9 Å². The Balaban J connectivity index is 1.37. The van der Waals surface area contributed by atoms with Gasteiger partial charge < -0.3 is 19.3 Å². The maximum atomic E-state index is 15.3. The lowest BCUT2D eigenvalue weighted by molar-refractivity contribution is -0.137. The molecule has 1 aliphatic heterocycles. The van der Waals surface area contributed by atoms with Gasteiger partial charge in [0.25, 0.3) is 0 Å². The molecule has 0 radical (unpaired) electrons. The Bertz CT molecular complexity index is 1620. The first-order valence-electron chi connectivity index (χ1n) is 14.1. The Morgan fingerprint density at radius 2 is 1.81 bits per heavy atom. The number of fused-ring (bicyclic) bond motifs is 2. The van der Waals surface area contributed by atoms with E-state index in [0.29, 0.717) is 42.3 Å². The molecule has 1 heterocycles. The van der Waals surface area contributed by atoms with Crippen LogP contribution < -0.4 is 14.2 Å². The molecular weight excluding hydrogens is 559 g/mol. The van der Waals surface area contributed by atoms with Gasteiger partial charge in [-0.15, -0.1) is 0 Å². The number of hydrogen-bond donors (Lipinski definition) is 1. The molecule has 0 aromatic heterocycles.